The predicted molar refractivity (Wildman–Crippen MR) is 34.5 cm³/mol. The molecule has 3 N–H and O–H groups in total. The third-order valence-electron chi connectivity index (χ3n) is 0.617. The van der Waals surface area contributed by atoms with Crippen LogP contribution in [0.4, 0.5) is 0 Å². The molecule has 0 saturated carbocycles. The van der Waals surface area contributed by atoms with E-state index in [-0.39, 0.29) is 0 Å². The van der Waals surface area contributed by atoms with Crippen molar-refractivity contribution in [3.05, 3.63) is 0 Å². The molecule has 0 fully saturated rings. The minimum atomic E-state index is -4.57. The van der Waals surface area contributed by atoms with Crippen LogP contribution in [-0.4, -0.2) is 26.6 Å². The zero-order valence-corrected chi connectivity index (χ0v) is 6.79. The minimum Gasteiger partial charge on any atom is -0.389 e. The molecule has 10 heavy (non-hydrogen) atoms. The van der Waals surface area contributed by atoms with Crippen LogP contribution < -0.4 is 0 Å². The Morgan fingerprint density at radius 2 is 2.00 bits per heavy atom. The molecule has 0 aliphatic carbocycles. The van der Waals surface area contributed by atoms with E-state index < -0.39 is 19.5 Å². The summed E-state index contributed by atoms with van der Waals surface area (Å²) in [5.41, 5.74) is -1.37. The van der Waals surface area contributed by atoms with Gasteiger partial charge in [0.1, 0.15) is 0 Å². The lowest BCUT2D eigenvalue weighted by atomic mass is 10.4. The Morgan fingerprint density at radius 1 is 1.60 bits per heavy atom. The molecule has 0 aliphatic heterocycles. The normalized spacial score (nSPS) is 18.5. The van der Waals surface area contributed by atoms with Gasteiger partial charge < -0.3 is 14.9 Å². The molecule has 2 atom stereocenters. The van der Waals surface area contributed by atoms with E-state index in [9.17, 15) is 4.57 Å². The summed E-state index contributed by atoms with van der Waals surface area (Å²) in [6.07, 6.45) is -1.12. The first-order valence-corrected chi connectivity index (χ1v) is 4.35. The number of rotatable bonds is 3. The van der Waals surface area contributed by atoms with Gasteiger partial charge in [0, 0.05) is 0 Å². The van der Waals surface area contributed by atoms with Gasteiger partial charge in [-0.15, -0.1) is 0 Å². The van der Waals surface area contributed by atoms with Crippen molar-refractivity contribution in [1.29, 1.82) is 0 Å². The summed E-state index contributed by atoms with van der Waals surface area (Å²) in [6, 6.07) is 0. The Bertz CT molecular complexity index is 142. The van der Waals surface area contributed by atoms with Gasteiger partial charge in [-0.3, -0.25) is 4.52 Å². The molecule has 7 heteroatoms. The van der Waals surface area contributed by atoms with Gasteiger partial charge in [0.05, 0.1) is 6.10 Å². The van der Waals surface area contributed by atoms with Crippen LogP contribution >= 0.6 is 19.4 Å². The molecule has 62 valence electrons. The highest BCUT2D eigenvalue weighted by atomic mass is 35.5. The van der Waals surface area contributed by atoms with Crippen LogP contribution in [0.3, 0.4) is 0 Å². The van der Waals surface area contributed by atoms with Gasteiger partial charge in [-0.05, 0) is 6.92 Å². The second-order valence-corrected chi connectivity index (χ2v) is 3.31. The van der Waals surface area contributed by atoms with Crippen LogP contribution in [0.5, 0.6) is 0 Å². The Balaban J connectivity index is 3.80. The summed E-state index contributed by atoms with van der Waals surface area (Å²) in [7, 11) is -4.57. The predicted octanol–water partition coefficient (Wildman–Crippen LogP) is 0.0414. The summed E-state index contributed by atoms with van der Waals surface area (Å²) in [5.74, 6) is 0. The van der Waals surface area contributed by atoms with Gasteiger partial charge >= 0.3 is 7.82 Å². The first-order valence-electron chi connectivity index (χ1n) is 2.39. The van der Waals surface area contributed by atoms with E-state index in [2.05, 4.69) is 4.52 Å². The van der Waals surface area contributed by atoms with E-state index in [1.165, 1.54) is 6.92 Å². The highest BCUT2D eigenvalue weighted by Crippen LogP contribution is 2.39. The fourth-order valence-corrected chi connectivity index (χ4v) is 0.969. The van der Waals surface area contributed by atoms with Crippen LogP contribution in [0, 0.1) is 0 Å². The summed E-state index contributed by atoms with van der Waals surface area (Å²) < 4.78 is 13.9. The molecule has 0 aliphatic rings. The van der Waals surface area contributed by atoms with Crippen molar-refractivity contribution < 1.29 is 24.0 Å². The summed E-state index contributed by atoms with van der Waals surface area (Å²) in [4.78, 5) is 16.3. The molecule has 5 nitrogen and oxygen atoms in total. The van der Waals surface area contributed by atoms with Crippen molar-refractivity contribution in [1.82, 2.24) is 0 Å². The number of aliphatic hydroxyl groups excluding tert-OH is 1. The Hall–Kier alpha value is 0.360. The molecule has 0 spiro atoms. The van der Waals surface area contributed by atoms with E-state index in [0.717, 1.165) is 0 Å². The first-order chi connectivity index (χ1) is 4.33. The summed E-state index contributed by atoms with van der Waals surface area (Å²) in [5, 5.41) is 8.58. The van der Waals surface area contributed by atoms with E-state index >= 15 is 0 Å². The molecule has 0 aromatic heterocycles. The molecular formula is C3H8ClO5P. The molecule has 0 saturated heterocycles. The smallest absolute Gasteiger partial charge is 0.389 e. The molecule has 2 unspecified atom stereocenters. The lowest BCUT2D eigenvalue weighted by Gasteiger charge is -2.13. The second-order valence-electron chi connectivity index (χ2n) is 1.69. The van der Waals surface area contributed by atoms with E-state index in [4.69, 9.17) is 26.5 Å². The fourth-order valence-electron chi connectivity index (χ4n) is 0.219. The fraction of sp³-hybridized carbons (Fsp3) is 1.00. The number of phosphoric ester groups is 1. The highest BCUT2D eigenvalue weighted by molar-refractivity contribution is 7.46. The van der Waals surface area contributed by atoms with Crippen molar-refractivity contribution in [2.45, 2.75) is 18.6 Å². The maximum absolute atomic E-state index is 10.0. The number of hydrogen-bond acceptors (Lipinski definition) is 3. The van der Waals surface area contributed by atoms with Crippen molar-refractivity contribution in [2.75, 3.05) is 0 Å². The average Bonchev–Trinajstić information content (AvgIpc) is 1.60. The Kier molecular flexibility index (Phi) is 3.80. The van der Waals surface area contributed by atoms with Crippen LogP contribution in [0.1, 0.15) is 6.92 Å². The minimum absolute atomic E-state index is 1.12. The highest BCUT2D eigenvalue weighted by Gasteiger charge is 2.23. The van der Waals surface area contributed by atoms with Crippen LogP contribution in [0.25, 0.3) is 0 Å². The van der Waals surface area contributed by atoms with E-state index in [0.29, 0.717) is 0 Å². The molecule has 0 rings (SSSR count). The average molecular weight is 191 g/mol. The molecule has 0 radical (unpaired) electrons. The van der Waals surface area contributed by atoms with Crippen LogP contribution in [-0.2, 0) is 9.09 Å². The van der Waals surface area contributed by atoms with Gasteiger partial charge in [0.2, 0.25) is 0 Å². The third-order valence-corrected chi connectivity index (χ3v) is 1.70. The molecule has 0 amide bonds. The lowest BCUT2D eigenvalue weighted by Crippen LogP contribution is -2.18. The SMILES string of the molecule is CC(O)C(Cl)OP(=O)(O)O. The molecule has 0 aromatic carbocycles. The van der Waals surface area contributed by atoms with Crippen molar-refractivity contribution in [2.24, 2.45) is 0 Å². The monoisotopic (exact) mass is 190 g/mol. The largest absolute Gasteiger partial charge is 0.471 e. The van der Waals surface area contributed by atoms with Gasteiger partial charge in [-0.25, -0.2) is 4.57 Å². The van der Waals surface area contributed by atoms with Crippen LogP contribution in [0.2, 0.25) is 0 Å². The van der Waals surface area contributed by atoms with Crippen LogP contribution in [0.15, 0.2) is 0 Å². The van der Waals surface area contributed by atoms with Crippen molar-refractivity contribution in [3.63, 3.8) is 0 Å². The molecule has 0 aromatic rings. The van der Waals surface area contributed by atoms with Gasteiger partial charge in [-0.2, -0.15) is 0 Å². The van der Waals surface area contributed by atoms with E-state index in [1.807, 2.05) is 0 Å². The Morgan fingerprint density at radius 3 is 2.10 bits per heavy atom. The zero-order valence-electron chi connectivity index (χ0n) is 5.14. The van der Waals surface area contributed by atoms with Gasteiger partial charge in [-0.1, -0.05) is 11.6 Å². The van der Waals surface area contributed by atoms with Gasteiger partial charge in [0.25, 0.3) is 0 Å². The van der Waals surface area contributed by atoms with Crippen molar-refractivity contribution >= 4 is 19.4 Å². The quantitative estimate of drug-likeness (QED) is 0.432. The maximum Gasteiger partial charge on any atom is 0.471 e. The van der Waals surface area contributed by atoms with E-state index in [1.54, 1.807) is 0 Å². The number of hydrogen-bond donors (Lipinski definition) is 3. The maximum atomic E-state index is 10.0. The number of halogens is 1. The summed E-state index contributed by atoms with van der Waals surface area (Å²) >= 11 is 5.14. The number of aliphatic hydroxyl groups is 1. The second kappa shape index (κ2) is 3.67. The number of alkyl halides is 1. The Labute approximate surface area is 62.8 Å². The summed E-state index contributed by atoms with van der Waals surface area (Å²) in [6.45, 7) is 1.26. The number of phosphoric acid groups is 1. The molecular weight excluding hydrogens is 182 g/mol. The molecule has 0 bridgehead atoms. The first kappa shape index (κ1) is 10.4. The topological polar surface area (TPSA) is 87.0 Å². The zero-order chi connectivity index (χ0) is 8.36. The lowest BCUT2D eigenvalue weighted by molar-refractivity contribution is 0.0728. The van der Waals surface area contributed by atoms with Crippen molar-refractivity contribution in [3.8, 4) is 0 Å². The third kappa shape index (κ3) is 5.17. The molecule has 0 heterocycles. The standard InChI is InChI=1S/C3H8ClO5P/c1-2(5)3(4)9-10(6,7)8/h2-3,5H,1H3,(H2,6,7,8). The van der Waals surface area contributed by atoms with Gasteiger partial charge in [0.15, 0.2) is 5.56 Å².